The molecule has 0 bridgehead atoms. The average Bonchev–Trinajstić information content (AvgIpc) is 2.39. The molecule has 1 aromatic carbocycles. The highest BCUT2D eigenvalue weighted by Gasteiger charge is 2.16. The van der Waals surface area contributed by atoms with E-state index in [1.54, 1.807) is 6.92 Å². The monoisotopic (exact) mass is 319 g/mol. The molecule has 2 amide bonds. The molecular formula is C12H11Cl2NO5. The van der Waals surface area contributed by atoms with Gasteiger partial charge in [0.25, 0.3) is 5.91 Å². The SMILES string of the molecule is CCOC(=O)NC(=O)COC(=O)c1cccc(Cl)c1Cl. The fourth-order valence-corrected chi connectivity index (χ4v) is 1.57. The Morgan fingerprint density at radius 2 is 1.90 bits per heavy atom. The number of imide groups is 1. The summed E-state index contributed by atoms with van der Waals surface area (Å²) in [5.41, 5.74) is 0.0306. The Labute approximate surface area is 124 Å². The molecule has 0 aliphatic heterocycles. The van der Waals surface area contributed by atoms with Gasteiger partial charge in [0.05, 0.1) is 22.2 Å². The number of esters is 1. The molecule has 1 aromatic rings. The van der Waals surface area contributed by atoms with Crippen LogP contribution < -0.4 is 5.32 Å². The van der Waals surface area contributed by atoms with E-state index in [4.69, 9.17) is 27.9 Å². The van der Waals surface area contributed by atoms with Crippen molar-refractivity contribution in [1.29, 1.82) is 0 Å². The minimum absolute atomic E-state index is 0.0306. The Hall–Kier alpha value is -1.79. The van der Waals surface area contributed by atoms with Crippen LogP contribution in [0.4, 0.5) is 4.79 Å². The number of nitrogens with one attached hydrogen (secondary N) is 1. The topological polar surface area (TPSA) is 81.7 Å². The lowest BCUT2D eigenvalue weighted by Crippen LogP contribution is -2.34. The lowest BCUT2D eigenvalue weighted by molar-refractivity contribution is -0.123. The van der Waals surface area contributed by atoms with Crippen molar-refractivity contribution in [3.8, 4) is 0 Å². The highest BCUT2D eigenvalue weighted by atomic mass is 35.5. The van der Waals surface area contributed by atoms with E-state index >= 15 is 0 Å². The van der Waals surface area contributed by atoms with Crippen molar-refractivity contribution in [2.24, 2.45) is 0 Å². The van der Waals surface area contributed by atoms with Gasteiger partial charge >= 0.3 is 12.1 Å². The quantitative estimate of drug-likeness (QED) is 0.862. The maximum atomic E-state index is 11.7. The normalized spacial score (nSPS) is 9.75. The van der Waals surface area contributed by atoms with Crippen LogP contribution in [0.3, 0.4) is 0 Å². The molecule has 0 fully saturated rings. The molecular weight excluding hydrogens is 309 g/mol. The zero-order valence-electron chi connectivity index (χ0n) is 10.4. The zero-order valence-corrected chi connectivity index (χ0v) is 12.0. The highest BCUT2D eigenvalue weighted by Crippen LogP contribution is 2.25. The number of carbonyl (C=O) groups excluding carboxylic acids is 3. The van der Waals surface area contributed by atoms with Crippen LogP contribution in [-0.2, 0) is 14.3 Å². The molecule has 20 heavy (non-hydrogen) atoms. The van der Waals surface area contributed by atoms with Crippen LogP contribution in [0.15, 0.2) is 18.2 Å². The number of hydrogen-bond acceptors (Lipinski definition) is 5. The van der Waals surface area contributed by atoms with Gasteiger partial charge in [0, 0.05) is 0 Å². The van der Waals surface area contributed by atoms with Gasteiger partial charge in [-0.3, -0.25) is 10.1 Å². The first-order valence-corrected chi connectivity index (χ1v) is 6.29. The second-order valence-corrected chi connectivity index (χ2v) is 4.23. The summed E-state index contributed by atoms with van der Waals surface area (Å²) in [6.45, 7) is 1.07. The van der Waals surface area contributed by atoms with E-state index in [9.17, 15) is 14.4 Å². The first-order valence-electron chi connectivity index (χ1n) is 5.53. The second-order valence-electron chi connectivity index (χ2n) is 3.45. The Morgan fingerprint density at radius 3 is 2.55 bits per heavy atom. The van der Waals surface area contributed by atoms with Crippen LogP contribution in [0.1, 0.15) is 17.3 Å². The van der Waals surface area contributed by atoms with E-state index in [1.807, 2.05) is 5.32 Å². The molecule has 1 rings (SSSR count). The van der Waals surface area contributed by atoms with Gasteiger partial charge in [-0.25, -0.2) is 9.59 Å². The first-order chi connectivity index (χ1) is 9.45. The molecule has 0 unspecified atom stereocenters. The molecule has 108 valence electrons. The maximum absolute atomic E-state index is 11.7. The van der Waals surface area contributed by atoms with Crippen LogP contribution in [0.5, 0.6) is 0 Å². The Morgan fingerprint density at radius 1 is 1.20 bits per heavy atom. The smallest absolute Gasteiger partial charge is 0.413 e. The maximum Gasteiger partial charge on any atom is 0.413 e. The van der Waals surface area contributed by atoms with Crippen molar-refractivity contribution >= 4 is 41.2 Å². The molecule has 8 heteroatoms. The van der Waals surface area contributed by atoms with E-state index in [0.717, 1.165) is 0 Å². The predicted octanol–water partition coefficient (Wildman–Crippen LogP) is 2.42. The summed E-state index contributed by atoms with van der Waals surface area (Å²) in [4.78, 5) is 33.9. The summed E-state index contributed by atoms with van der Waals surface area (Å²) >= 11 is 11.6. The number of carbonyl (C=O) groups is 3. The molecule has 0 aromatic heterocycles. The molecule has 0 saturated carbocycles. The fraction of sp³-hybridized carbons (Fsp3) is 0.250. The molecule has 0 aliphatic carbocycles. The van der Waals surface area contributed by atoms with Crippen LogP contribution in [0.25, 0.3) is 0 Å². The molecule has 0 spiro atoms. The van der Waals surface area contributed by atoms with Crippen molar-refractivity contribution in [2.45, 2.75) is 6.92 Å². The summed E-state index contributed by atoms with van der Waals surface area (Å²) < 4.78 is 9.19. The van der Waals surface area contributed by atoms with Crippen LogP contribution >= 0.6 is 23.2 Å². The largest absolute Gasteiger partial charge is 0.452 e. The van der Waals surface area contributed by atoms with Crippen molar-refractivity contribution in [3.05, 3.63) is 33.8 Å². The predicted molar refractivity (Wildman–Crippen MR) is 71.9 cm³/mol. The Balaban J connectivity index is 2.53. The van der Waals surface area contributed by atoms with Crippen molar-refractivity contribution in [1.82, 2.24) is 5.32 Å². The van der Waals surface area contributed by atoms with Crippen molar-refractivity contribution in [3.63, 3.8) is 0 Å². The van der Waals surface area contributed by atoms with Crippen molar-refractivity contribution < 1.29 is 23.9 Å². The van der Waals surface area contributed by atoms with Gasteiger partial charge in [-0.15, -0.1) is 0 Å². The van der Waals surface area contributed by atoms with Gasteiger partial charge < -0.3 is 9.47 Å². The zero-order chi connectivity index (χ0) is 15.1. The van der Waals surface area contributed by atoms with E-state index in [1.165, 1.54) is 18.2 Å². The molecule has 1 N–H and O–H groups in total. The van der Waals surface area contributed by atoms with E-state index in [-0.39, 0.29) is 22.2 Å². The minimum atomic E-state index is -0.908. The third-order valence-electron chi connectivity index (χ3n) is 2.02. The van der Waals surface area contributed by atoms with E-state index in [2.05, 4.69) is 4.74 Å². The average molecular weight is 320 g/mol. The minimum Gasteiger partial charge on any atom is -0.452 e. The molecule has 0 radical (unpaired) electrons. The van der Waals surface area contributed by atoms with Crippen LogP contribution in [0.2, 0.25) is 10.0 Å². The van der Waals surface area contributed by atoms with Gasteiger partial charge in [-0.05, 0) is 19.1 Å². The summed E-state index contributed by atoms with van der Waals surface area (Å²) in [6, 6.07) is 4.43. The van der Waals surface area contributed by atoms with E-state index < -0.39 is 24.6 Å². The summed E-state index contributed by atoms with van der Waals surface area (Å²) in [5.74, 6) is -1.63. The molecule has 6 nitrogen and oxygen atoms in total. The lowest BCUT2D eigenvalue weighted by atomic mass is 10.2. The van der Waals surface area contributed by atoms with Gasteiger partial charge in [-0.2, -0.15) is 0 Å². The fourth-order valence-electron chi connectivity index (χ4n) is 1.19. The van der Waals surface area contributed by atoms with E-state index in [0.29, 0.717) is 0 Å². The third kappa shape index (κ3) is 4.71. The number of hydrogen-bond donors (Lipinski definition) is 1. The number of halogens is 2. The number of ether oxygens (including phenoxy) is 2. The lowest BCUT2D eigenvalue weighted by Gasteiger charge is -2.07. The third-order valence-corrected chi connectivity index (χ3v) is 2.84. The second kappa shape index (κ2) is 7.72. The standard InChI is InChI=1S/C12H11Cl2NO5/c1-2-19-12(18)15-9(16)6-20-11(17)7-4-3-5-8(13)10(7)14/h3-5H,2,6H2,1H3,(H,15,16,18). The van der Waals surface area contributed by atoms with Crippen molar-refractivity contribution in [2.75, 3.05) is 13.2 Å². The Bertz CT molecular complexity index is 533. The first kappa shape index (κ1) is 16.3. The summed E-state index contributed by atoms with van der Waals surface area (Å²) in [5, 5.41) is 2.10. The number of benzene rings is 1. The molecule has 0 aliphatic rings. The molecule has 0 heterocycles. The van der Waals surface area contributed by atoms with Gasteiger partial charge in [0.15, 0.2) is 6.61 Å². The van der Waals surface area contributed by atoms with Gasteiger partial charge in [0.1, 0.15) is 0 Å². The highest BCUT2D eigenvalue weighted by molar-refractivity contribution is 6.43. The summed E-state index contributed by atoms with van der Waals surface area (Å²) in [6.07, 6.45) is -0.908. The number of rotatable bonds is 4. The number of amides is 2. The molecule has 0 saturated heterocycles. The summed E-state index contributed by atoms with van der Waals surface area (Å²) in [7, 11) is 0. The van der Waals surface area contributed by atoms with Crippen LogP contribution in [0, 0.1) is 0 Å². The molecule has 0 atom stereocenters. The number of alkyl carbamates (subject to hydrolysis) is 1. The van der Waals surface area contributed by atoms with Gasteiger partial charge in [0.2, 0.25) is 0 Å². The Kier molecular flexibility index (Phi) is 6.27. The van der Waals surface area contributed by atoms with Crippen LogP contribution in [-0.4, -0.2) is 31.2 Å². The van der Waals surface area contributed by atoms with Gasteiger partial charge in [-0.1, -0.05) is 29.3 Å².